The Hall–Kier alpha value is -1.46. The van der Waals surface area contributed by atoms with Gasteiger partial charge in [0.05, 0.1) is 18.3 Å². The van der Waals surface area contributed by atoms with Gasteiger partial charge in [0.1, 0.15) is 5.82 Å². The van der Waals surface area contributed by atoms with Crippen molar-refractivity contribution in [2.75, 3.05) is 18.1 Å². The van der Waals surface area contributed by atoms with Crippen LogP contribution in [0.15, 0.2) is 29.6 Å². The van der Waals surface area contributed by atoms with Crippen LogP contribution in [0, 0.1) is 5.82 Å². The van der Waals surface area contributed by atoms with Crippen molar-refractivity contribution in [1.29, 1.82) is 0 Å². The van der Waals surface area contributed by atoms with E-state index >= 15 is 0 Å². The minimum atomic E-state index is -0.237. The molecule has 2 aromatic rings. The van der Waals surface area contributed by atoms with Crippen LogP contribution in [-0.4, -0.2) is 29.3 Å². The predicted octanol–water partition coefficient (Wildman–Crippen LogP) is 2.91. The molecule has 1 aromatic carbocycles. The van der Waals surface area contributed by atoms with E-state index in [1.54, 1.807) is 23.5 Å². The lowest BCUT2D eigenvalue weighted by atomic mass is 10.2. The van der Waals surface area contributed by atoms with Crippen molar-refractivity contribution in [1.82, 2.24) is 4.98 Å². The Morgan fingerprint density at radius 3 is 2.89 bits per heavy atom. The van der Waals surface area contributed by atoms with E-state index < -0.39 is 0 Å². The lowest BCUT2D eigenvalue weighted by Crippen LogP contribution is -2.31. The zero-order valence-electron chi connectivity index (χ0n) is 10.4. The van der Waals surface area contributed by atoms with E-state index in [-0.39, 0.29) is 18.5 Å². The summed E-state index contributed by atoms with van der Waals surface area (Å²) in [6, 6.07) is 6.55. The molecule has 0 saturated carbocycles. The number of nitrogens with zero attached hydrogens (tertiary/aromatic N) is 2. The van der Waals surface area contributed by atoms with Crippen LogP contribution >= 0.6 is 11.3 Å². The summed E-state index contributed by atoms with van der Waals surface area (Å²) in [5.74, 6) is -0.237. The predicted molar refractivity (Wildman–Crippen MR) is 75.0 cm³/mol. The number of benzene rings is 1. The van der Waals surface area contributed by atoms with Crippen LogP contribution in [0.3, 0.4) is 0 Å². The number of anilines is 1. The van der Waals surface area contributed by atoms with E-state index in [4.69, 9.17) is 0 Å². The molecule has 3 nitrogen and oxygen atoms in total. The van der Waals surface area contributed by atoms with Crippen molar-refractivity contribution in [2.24, 2.45) is 0 Å². The summed E-state index contributed by atoms with van der Waals surface area (Å²) < 4.78 is 12.9. The number of hydrogen-bond acceptors (Lipinski definition) is 4. The van der Waals surface area contributed by atoms with Crippen LogP contribution in [0.25, 0.3) is 11.3 Å². The third kappa shape index (κ3) is 2.48. The molecule has 1 atom stereocenters. The second-order valence-corrected chi connectivity index (χ2v) is 5.53. The lowest BCUT2D eigenvalue weighted by molar-refractivity contribution is 0.266. The van der Waals surface area contributed by atoms with Gasteiger partial charge in [-0.1, -0.05) is 0 Å². The third-order valence-corrected chi connectivity index (χ3v) is 4.34. The summed E-state index contributed by atoms with van der Waals surface area (Å²) in [5.41, 5.74) is 1.78. The molecular weight excluding hydrogens is 263 g/mol. The van der Waals surface area contributed by atoms with E-state index in [0.29, 0.717) is 0 Å². The number of aliphatic hydroxyl groups excluding tert-OH is 1. The summed E-state index contributed by atoms with van der Waals surface area (Å²) in [6.45, 7) is 1.12. The van der Waals surface area contributed by atoms with Crippen molar-refractivity contribution in [3.05, 3.63) is 35.5 Å². The van der Waals surface area contributed by atoms with Gasteiger partial charge in [-0.25, -0.2) is 9.37 Å². The minimum absolute atomic E-state index is 0.172. The minimum Gasteiger partial charge on any atom is -0.394 e. The van der Waals surface area contributed by atoms with E-state index in [1.807, 2.05) is 5.38 Å². The normalized spacial score (nSPS) is 19.1. The fourth-order valence-electron chi connectivity index (χ4n) is 2.43. The molecule has 1 fully saturated rings. The van der Waals surface area contributed by atoms with Crippen LogP contribution < -0.4 is 4.90 Å². The number of thiazole rings is 1. The first kappa shape index (κ1) is 12.6. The summed E-state index contributed by atoms with van der Waals surface area (Å²) in [6.07, 6.45) is 2.11. The van der Waals surface area contributed by atoms with Gasteiger partial charge in [-0.3, -0.25) is 0 Å². The standard InChI is InChI=1S/C14H15FN2OS/c15-11-5-3-10(4-6-11)13-9-19-14(16-13)17-7-1-2-12(17)8-18/h3-6,9,12,18H,1-2,7-8H2/t12-/m0/s1. The number of rotatable bonds is 3. The molecule has 0 spiro atoms. The first-order chi connectivity index (χ1) is 9.28. The summed E-state index contributed by atoms with van der Waals surface area (Å²) in [5, 5.41) is 12.3. The monoisotopic (exact) mass is 278 g/mol. The van der Waals surface area contributed by atoms with Crippen LogP contribution in [0.4, 0.5) is 9.52 Å². The molecule has 2 heterocycles. The van der Waals surface area contributed by atoms with Crippen molar-refractivity contribution >= 4 is 16.5 Å². The van der Waals surface area contributed by atoms with Crippen molar-refractivity contribution in [3.63, 3.8) is 0 Å². The van der Waals surface area contributed by atoms with Gasteiger partial charge in [0.25, 0.3) is 0 Å². The Labute approximate surface area is 115 Å². The van der Waals surface area contributed by atoms with Gasteiger partial charge in [-0.2, -0.15) is 0 Å². The SMILES string of the molecule is OC[C@@H]1CCCN1c1nc(-c2ccc(F)cc2)cs1. The average Bonchev–Trinajstić information content (AvgIpc) is 3.07. The van der Waals surface area contributed by atoms with Gasteiger partial charge in [-0.05, 0) is 37.1 Å². The number of halogens is 1. The molecular formula is C14H15FN2OS. The molecule has 19 heavy (non-hydrogen) atoms. The Balaban J connectivity index is 1.85. The number of hydrogen-bond donors (Lipinski definition) is 1. The largest absolute Gasteiger partial charge is 0.394 e. The Kier molecular flexibility index (Phi) is 3.48. The zero-order chi connectivity index (χ0) is 13.2. The van der Waals surface area contributed by atoms with E-state index in [9.17, 15) is 9.50 Å². The summed E-state index contributed by atoms with van der Waals surface area (Å²) in [4.78, 5) is 6.77. The highest BCUT2D eigenvalue weighted by Gasteiger charge is 2.26. The molecule has 0 bridgehead atoms. The van der Waals surface area contributed by atoms with Crippen molar-refractivity contribution < 1.29 is 9.50 Å². The van der Waals surface area contributed by atoms with Gasteiger partial charge in [0.15, 0.2) is 5.13 Å². The van der Waals surface area contributed by atoms with Gasteiger partial charge < -0.3 is 10.0 Å². The highest BCUT2D eigenvalue weighted by atomic mass is 32.1. The number of aromatic nitrogens is 1. The van der Waals surface area contributed by atoms with E-state index in [1.165, 1.54) is 12.1 Å². The van der Waals surface area contributed by atoms with Gasteiger partial charge in [0.2, 0.25) is 0 Å². The quantitative estimate of drug-likeness (QED) is 0.938. The molecule has 1 aromatic heterocycles. The molecule has 1 saturated heterocycles. The molecule has 0 unspecified atom stereocenters. The van der Waals surface area contributed by atoms with Gasteiger partial charge in [0, 0.05) is 17.5 Å². The summed E-state index contributed by atoms with van der Waals surface area (Å²) in [7, 11) is 0. The highest BCUT2D eigenvalue weighted by molar-refractivity contribution is 7.14. The molecule has 1 N–H and O–H groups in total. The first-order valence-electron chi connectivity index (χ1n) is 6.37. The lowest BCUT2D eigenvalue weighted by Gasteiger charge is -2.21. The number of aliphatic hydroxyl groups is 1. The van der Waals surface area contributed by atoms with E-state index in [0.717, 1.165) is 35.8 Å². The molecule has 5 heteroatoms. The van der Waals surface area contributed by atoms with Crippen LogP contribution in [0.1, 0.15) is 12.8 Å². The average molecular weight is 278 g/mol. The Morgan fingerprint density at radius 1 is 1.37 bits per heavy atom. The third-order valence-electron chi connectivity index (χ3n) is 3.47. The van der Waals surface area contributed by atoms with Crippen molar-refractivity contribution in [3.8, 4) is 11.3 Å². The molecule has 0 radical (unpaired) electrons. The van der Waals surface area contributed by atoms with Crippen molar-refractivity contribution in [2.45, 2.75) is 18.9 Å². The second kappa shape index (κ2) is 5.27. The van der Waals surface area contributed by atoms with E-state index in [2.05, 4.69) is 9.88 Å². The van der Waals surface area contributed by atoms with Gasteiger partial charge >= 0.3 is 0 Å². The van der Waals surface area contributed by atoms with Crippen LogP contribution in [0.5, 0.6) is 0 Å². The molecule has 1 aliphatic heterocycles. The van der Waals surface area contributed by atoms with Crippen LogP contribution in [-0.2, 0) is 0 Å². The van der Waals surface area contributed by atoms with Crippen LogP contribution in [0.2, 0.25) is 0 Å². The first-order valence-corrected chi connectivity index (χ1v) is 7.25. The maximum Gasteiger partial charge on any atom is 0.186 e. The molecule has 3 rings (SSSR count). The fourth-order valence-corrected chi connectivity index (χ4v) is 3.36. The molecule has 1 aliphatic rings. The molecule has 100 valence electrons. The highest BCUT2D eigenvalue weighted by Crippen LogP contribution is 2.31. The second-order valence-electron chi connectivity index (χ2n) is 4.69. The fraction of sp³-hybridized carbons (Fsp3) is 0.357. The maximum atomic E-state index is 12.9. The summed E-state index contributed by atoms with van der Waals surface area (Å²) >= 11 is 1.57. The Morgan fingerprint density at radius 2 is 2.16 bits per heavy atom. The topological polar surface area (TPSA) is 36.4 Å². The molecule has 0 aliphatic carbocycles. The molecule has 0 amide bonds. The Bertz CT molecular complexity index is 555. The zero-order valence-corrected chi connectivity index (χ0v) is 11.2. The maximum absolute atomic E-state index is 12.9. The smallest absolute Gasteiger partial charge is 0.186 e. The van der Waals surface area contributed by atoms with Gasteiger partial charge in [-0.15, -0.1) is 11.3 Å².